The van der Waals surface area contributed by atoms with Gasteiger partial charge in [0.25, 0.3) is 0 Å². The number of benzene rings is 1. The van der Waals surface area contributed by atoms with E-state index in [2.05, 4.69) is 84.6 Å². The number of anilines is 2. The fourth-order valence-corrected chi connectivity index (χ4v) is 3.23. The molecule has 3 nitrogen and oxygen atoms in total. The molecule has 1 aromatic heterocycles. The molecule has 0 spiro atoms. The maximum Gasteiger partial charge on any atom is 0.0982 e. The molecule has 2 rings (SSSR count). The molecule has 0 aliphatic carbocycles. The Balaban J connectivity index is 2.13. The van der Waals surface area contributed by atoms with Gasteiger partial charge in [-0.05, 0) is 18.2 Å². The predicted molar refractivity (Wildman–Crippen MR) is 96.6 cm³/mol. The number of thiazole rings is 1. The number of aromatic nitrogens is 1. The molecule has 0 amide bonds. The standard InChI is InChI=1S/C16H22BrN3S/c1-16(2,3)15-19-12(10-21-15)9-18-13-8-11(17)6-7-14(13)20(4)5/h6-8,10,18H,9H2,1-5H3. The van der Waals surface area contributed by atoms with Gasteiger partial charge in [0, 0.05) is 29.4 Å². The Labute approximate surface area is 139 Å². The second-order valence-electron chi connectivity index (χ2n) is 6.30. The van der Waals surface area contributed by atoms with Crippen molar-refractivity contribution in [1.29, 1.82) is 0 Å². The first-order valence-corrected chi connectivity index (χ1v) is 8.60. The summed E-state index contributed by atoms with van der Waals surface area (Å²) >= 11 is 5.26. The molecule has 0 atom stereocenters. The van der Waals surface area contributed by atoms with Crippen LogP contribution in [0.3, 0.4) is 0 Å². The zero-order chi connectivity index (χ0) is 15.6. The predicted octanol–water partition coefficient (Wildman–Crippen LogP) is 4.88. The highest BCUT2D eigenvalue weighted by atomic mass is 79.9. The van der Waals surface area contributed by atoms with Crippen molar-refractivity contribution in [3.63, 3.8) is 0 Å². The van der Waals surface area contributed by atoms with Gasteiger partial charge >= 0.3 is 0 Å². The van der Waals surface area contributed by atoms with E-state index in [0.717, 1.165) is 22.4 Å². The van der Waals surface area contributed by atoms with E-state index in [9.17, 15) is 0 Å². The lowest BCUT2D eigenvalue weighted by molar-refractivity contribution is 0.583. The maximum absolute atomic E-state index is 4.72. The third-order valence-electron chi connectivity index (χ3n) is 3.09. The number of halogens is 1. The minimum Gasteiger partial charge on any atom is -0.378 e. The first kappa shape index (κ1) is 16.3. The molecular weight excluding hydrogens is 346 g/mol. The van der Waals surface area contributed by atoms with E-state index in [1.54, 1.807) is 11.3 Å². The Morgan fingerprint density at radius 3 is 2.57 bits per heavy atom. The van der Waals surface area contributed by atoms with E-state index in [0.29, 0.717) is 0 Å². The van der Waals surface area contributed by atoms with Crippen molar-refractivity contribution >= 4 is 38.6 Å². The van der Waals surface area contributed by atoms with Crippen LogP contribution in [0.5, 0.6) is 0 Å². The Hall–Kier alpha value is -1.07. The lowest BCUT2D eigenvalue weighted by atomic mass is 9.98. The molecule has 2 aromatic rings. The van der Waals surface area contributed by atoms with Gasteiger partial charge in [0.1, 0.15) is 0 Å². The smallest absolute Gasteiger partial charge is 0.0982 e. The van der Waals surface area contributed by atoms with Crippen LogP contribution < -0.4 is 10.2 Å². The molecule has 0 aliphatic heterocycles. The Morgan fingerprint density at radius 1 is 1.29 bits per heavy atom. The summed E-state index contributed by atoms with van der Waals surface area (Å²) in [5, 5.41) is 6.81. The first-order valence-electron chi connectivity index (χ1n) is 6.93. The van der Waals surface area contributed by atoms with Gasteiger partial charge in [-0.15, -0.1) is 11.3 Å². The molecular formula is C16H22BrN3S. The molecule has 1 N–H and O–H groups in total. The van der Waals surface area contributed by atoms with Gasteiger partial charge in [0.05, 0.1) is 28.6 Å². The van der Waals surface area contributed by atoms with Crippen molar-refractivity contribution in [3.8, 4) is 0 Å². The van der Waals surface area contributed by atoms with Crippen LogP contribution in [0.2, 0.25) is 0 Å². The average molecular weight is 368 g/mol. The number of nitrogens with zero attached hydrogens (tertiary/aromatic N) is 2. The van der Waals surface area contributed by atoms with Crippen molar-refractivity contribution in [1.82, 2.24) is 4.98 Å². The normalized spacial score (nSPS) is 11.5. The number of rotatable bonds is 4. The summed E-state index contributed by atoms with van der Waals surface area (Å²) in [4.78, 5) is 6.83. The topological polar surface area (TPSA) is 28.2 Å². The van der Waals surface area contributed by atoms with Crippen LogP contribution >= 0.6 is 27.3 Å². The molecule has 0 fully saturated rings. The summed E-state index contributed by atoms with van der Waals surface area (Å²) in [5.41, 5.74) is 3.49. The summed E-state index contributed by atoms with van der Waals surface area (Å²) < 4.78 is 1.07. The van der Waals surface area contributed by atoms with Crippen molar-refractivity contribution in [2.45, 2.75) is 32.7 Å². The highest BCUT2D eigenvalue weighted by Gasteiger charge is 2.18. The molecule has 0 unspecified atom stereocenters. The van der Waals surface area contributed by atoms with Crippen molar-refractivity contribution in [2.75, 3.05) is 24.3 Å². The molecule has 5 heteroatoms. The second kappa shape index (κ2) is 6.36. The summed E-state index contributed by atoms with van der Waals surface area (Å²) in [6, 6.07) is 6.27. The van der Waals surface area contributed by atoms with Crippen molar-refractivity contribution in [2.24, 2.45) is 0 Å². The lowest BCUT2D eigenvalue weighted by Gasteiger charge is -2.18. The lowest BCUT2D eigenvalue weighted by Crippen LogP contribution is -2.13. The monoisotopic (exact) mass is 367 g/mol. The van der Waals surface area contributed by atoms with E-state index in [1.807, 2.05) is 0 Å². The summed E-state index contributed by atoms with van der Waals surface area (Å²) in [5.74, 6) is 0. The van der Waals surface area contributed by atoms with Gasteiger partial charge < -0.3 is 10.2 Å². The van der Waals surface area contributed by atoms with Gasteiger partial charge in [0.15, 0.2) is 0 Å². The van der Waals surface area contributed by atoms with Crippen LogP contribution in [0.1, 0.15) is 31.5 Å². The first-order chi connectivity index (χ1) is 9.77. The zero-order valence-corrected chi connectivity index (χ0v) is 15.6. The van der Waals surface area contributed by atoms with Crippen LogP contribution in [-0.4, -0.2) is 19.1 Å². The minimum atomic E-state index is 0.119. The molecule has 0 radical (unpaired) electrons. The fraction of sp³-hybridized carbons (Fsp3) is 0.438. The summed E-state index contributed by atoms with van der Waals surface area (Å²) in [6.07, 6.45) is 0. The molecule has 0 saturated heterocycles. The highest BCUT2D eigenvalue weighted by molar-refractivity contribution is 9.10. The molecule has 1 heterocycles. The van der Waals surface area contributed by atoms with Gasteiger partial charge in [-0.3, -0.25) is 0 Å². The van der Waals surface area contributed by atoms with Crippen molar-refractivity contribution in [3.05, 3.63) is 38.8 Å². The molecule has 0 aliphatic rings. The third kappa shape index (κ3) is 4.20. The zero-order valence-electron chi connectivity index (χ0n) is 13.2. The molecule has 1 aromatic carbocycles. The van der Waals surface area contributed by atoms with E-state index in [1.165, 1.54) is 10.7 Å². The van der Waals surface area contributed by atoms with Gasteiger partial charge in [-0.1, -0.05) is 36.7 Å². The maximum atomic E-state index is 4.72. The third-order valence-corrected chi connectivity index (χ3v) is 4.90. The van der Waals surface area contributed by atoms with Crippen LogP contribution in [0, 0.1) is 0 Å². The highest BCUT2D eigenvalue weighted by Crippen LogP contribution is 2.29. The van der Waals surface area contributed by atoms with E-state index < -0.39 is 0 Å². The number of nitrogens with one attached hydrogen (secondary N) is 1. The number of hydrogen-bond donors (Lipinski definition) is 1. The largest absolute Gasteiger partial charge is 0.378 e. The molecule has 0 saturated carbocycles. The van der Waals surface area contributed by atoms with E-state index in [-0.39, 0.29) is 5.41 Å². The van der Waals surface area contributed by atoms with E-state index >= 15 is 0 Å². The van der Waals surface area contributed by atoms with Crippen molar-refractivity contribution < 1.29 is 0 Å². The molecule has 114 valence electrons. The van der Waals surface area contributed by atoms with Crippen LogP contribution in [0.25, 0.3) is 0 Å². The van der Waals surface area contributed by atoms with Gasteiger partial charge in [0.2, 0.25) is 0 Å². The number of hydrogen-bond acceptors (Lipinski definition) is 4. The SMILES string of the molecule is CN(C)c1ccc(Br)cc1NCc1csc(C(C)(C)C)n1. The van der Waals surface area contributed by atoms with Crippen LogP contribution in [0.15, 0.2) is 28.1 Å². The Bertz CT molecular complexity index is 614. The van der Waals surface area contributed by atoms with Gasteiger partial charge in [-0.25, -0.2) is 4.98 Å². The van der Waals surface area contributed by atoms with E-state index in [4.69, 9.17) is 4.98 Å². The molecule has 21 heavy (non-hydrogen) atoms. The fourth-order valence-electron chi connectivity index (χ4n) is 1.96. The Kier molecular flexibility index (Phi) is 4.94. The molecule has 0 bridgehead atoms. The summed E-state index contributed by atoms with van der Waals surface area (Å²) in [7, 11) is 4.10. The second-order valence-corrected chi connectivity index (χ2v) is 8.08. The quantitative estimate of drug-likeness (QED) is 0.834. The van der Waals surface area contributed by atoms with Crippen LogP contribution in [-0.2, 0) is 12.0 Å². The minimum absolute atomic E-state index is 0.119. The summed E-state index contributed by atoms with van der Waals surface area (Å²) in [6.45, 7) is 7.33. The van der Waals surface area contributed by atoms with Crippen LogP contribution in [0.4, 0.5) is 11.4 Å². The average Bonchev–Trinajstić information content (AvgIpc) is 2.84. The Morgan fingerprint density at radius 2 is 2.00 bits per heavy atom. The van der Waals surface area contributed by atoms with Gasteiger partial charge in [-0.2, -0.15) is 0 Å².